The van der Waals surface area contributed by atoms with E-state index in [1.54, 1.807) is 4.90 Å². The molecule has 10 heteroatoms. The molecular formula is C34H31N3O7. The zero-order valence-corrected chi connectivity index (χ0v) is 23.9. The van der Waals surface area contributed by atoms with Gasteiger partial charge in [-0.2, -0.15) is 0 Å². The number of hydrogen-bond acceptors (Lipinski definition) is 6. The molecule has 0 aliphatic carbocycles. The summed E-state index contributed by atoms with van der Waals surface area (Å²) in [7, 11) is 0. The highest BCUT2D eigenvalue weighted by Crippen LogP contribution is 2.26. The number of fused-ring (bicyclic) bond motifs is 2. The van der Waals surface area contributed by atoms with Crippen LogP contribution in [-0.2, 0) is 25.7 Å². The summed E-state index contributed by atoms with van der Waals surface area (Å²) in [4.78, 5) is 51.0. The Hall–Kier alpha value is -5.58. The van der Waals surface area contributed by atoms with Gasteiger partial charge in [0.25, 0.3) is 0 Å². The van der Waals surface area contributed by atoms with Gasteiger partial charge in [-0.15, -0.1) is 6.42 Å². The van der Waals surface area contributed by atoms with Crippen LogP contribution < -0.4 is 20.3 Å². The SMILES string of the molecule is C#CCOc1cc(NC(=O)CCOCCNC(=O)CCC(=O)N2Cc3ccccc3C#Cc3ccccc32)cc(C(=O)O)c1. The second kappa shape index (κ2) is 15.6. The van der Waals surface area contributed by atoms with E-state index in [9.17, 15) is 24.3 Å². The topological polar surface area (TPSA) is 134 Å². The molecule has 0 fully saturated rings. The fraction of sp³-hybridized carbons (Fsp3) is 0.235. The molecule has 0 radical (unpaired) electrons. The number of carboxylic acid groups (broad SMARTS) is 1. The van der Waals surface area contributed by atoms with E-state index >= 15 is 0 Å². The Morgan fingerprint density at radius 1 is 0.909 bits per heavy atom. The third kappa shape index (κ3) is 8.96. The first kappa shape index (κ1) is 31.4. The first-order valence-corrected chi connectivity index (χ1v) is 13.9. The second-order valence-electron chi connectivity index (χ2n) is 9.71. The number of benzene rings is 3. The van der Waals surface area contributed by atoms with Crippen molar-refractivity contribution >= 4 is 35.1 Å². The van der Waals surface area contributed by atoms with Gasteiger partial charge in [-0.3, -0.25) is 14.4 Å². The molecule has 0 saturated carbocycles. The Bertz CT molecular complexity index is 1650. The number of carboxylic acids is 1. The van der Waals surface area contributed by atoms with Gasteiger partial charge in [0.2, 0.25) is 17.7 Å². The van der Waals surface area contributed by atoms with Gasteiger partial charge in [0.05, 0.1) is 37.4 Å². The number of anilines is 2. The van der Waals surface area contributed by atoms with Gasteiger partial charge in [0, 0.05) is 42.3 Å². The predicted octanol–water partition coefficient (Wildman–Crippen LogP) is 3.59. The van der Waals surface area contributed by atoms with E-state index in [1.807, 2.05) is 48.5 Å². The zero-order valence-electron chi connectivity index (χ0n) is 23.9. The van der Waals surface area contributed by atoms with Gasteiger partial charge in [0.1, 0.15) is 12.4 Å². The van der Waals surface area contributed by atoms with Gasteiger partial charge < -0.3 is 30.1 Å². The van der Waals surface area contributed by atoms with Crippen LogP contribution in [0, 0.1) is 24.2 Å². The number of amides is 3. The number of aromatic carboxylic acids is 1. The normalized spacial score (nSPS) is 11.3. The van der Waals surface area contributed by atoms with Gasteiger partial charge in [-0.1, -0.05) is 48.1 Å². The number of carbonyl (C=O) groups excluding carboxylic acids is 3. The number of terminal acetylenes is 1. The lowest BCUT2D eigenvalue weighted by molar-refractivity contribution is -0.125. The van der Waals surface area contributed by atoms with Crippen molar-refractivity contribution in [2.45, 2.75) is 25.8 Å². The summed E-state index contributed by atoms with van der Waals surface area (Å²) in [5, 5.41) is 14.6. The fourth-order valence-electron chi connectivity index (χ4n) is 4.41. The summed E-state index contributed by atoms with van der Waals surface area (Å²) in [5.41, 5.74) is 3.45. The summed E-state index contributed by atoms with van der Waals surface area (Å²) in [6.45, 7) is 0.767. The fourth-order valence-corrected chi connectivity index (χ4v) is 4.41. The van der Waals surface area contributed by atoms with Crippen molar-refractivity contribution in [3.63, 3.8) is 0 Å². The summed E-state index contributed by atoms with van der Waals surface area (Å²) >= 11 is 0. The van der Waals surface area contributed by atoms with E-state index in [0.717, 1.165) is 16.7 Å². The monoisotopic (exact) mass is 593 g/mol. The van der Waals surface area contributed by atoms with Crippen LogP contribution in [0.1, 0.15) is 46.3 Å². The van der Waals surface area contributed by atoms with Crippen LogP contribution in [-0.4, -0.2) is 55.2 Å². The molecule has 3 aromatic rings. The molecule has 1 aliphatic rings. The van der Waals surface area contributed by atoms with Crippen molar-refractivity contribution in [2.75, 3.05) is 36.6 Å². The molecule has 224 valence electrons. The Morgan fingerprint density at radius 3 is 2.45 bits per heavy atom. The summed E-state index contributed by atoms with van der Waals surface area (Å²) < 4.78 is 10.7. The maximum Gasteiger partial charge on any atom is 0.335 e. The molecule has 3 aromatic carbocycles. The van der Waals surface area contributed by atoms with E-state index in [2.05, 4.69) is 28.4 Å². The van der Waals surface area contributed by atoms with Crippen LogP contribution in [0.15, 0.2) is 66.7 Å². The number of carbonyl (C=O) groups is 4. The quantitative estimate of drug-likeness (QED) is 0.204. The Morgan fingerprint density at radius 2 is 1.66 bits per heavy atom. The minimum absolute atomic E-state index is 0.00507. The number of rotatable bonds is 13. The molecule has 0 aromatic heterocycles. The zero-order chi connectivity index (χ0) is 31.3. The standard InChI is InChI=1S/C34H31N3O7/c1-2-17-44-29-21-27(34(41)42)20-28(22-29)36-32(39)15-18-43-19-16-35-31(38)13-14-33(40)37-23-26-9-4-3-7-24(26)11-12-25-8-5-6-10-30(25)37/h1,3-10,20-22H,13-19,23H2,(H,35,38)(H,36,39)(H,41,42). The average Bonchev–Trinajstić information content (AvgIpc) is 3.01. The Kier molecular flexibility index (Phi) is 11.1. The molecule has 0 unspecified atom stereocenters. The molecule has 4 rings (SSSR count). The van der Waals surface area contributed by atoms with Crippen LogP contribution in [0.3, 0.4) is 0 Å². The lowest BCUT2D eigenvalue weighted by atomic mass is 10.0. The van der Waals surface area contributed by atoms with Crippen molar-refractivity contribution in [3.05, 3.63) is 89.0 Å². The Balaban J connectivity index is 1.18. The molecule has 0 atom stereocenters. The van der Waals surface area contributed by atoms with Crippen LogP contribution in [0.2, 0.25) is 0 Å². The van der Waals surface area contributed by atoms with Crippen LogP contribution >= 0.6 is 0 Å². The lowest BCUT2D eigenvalue weighted by Gasteiger charge is -2.26. The maximum absolute atomic E-state index is 13.3. The molecule has 0 saturated heterocycles. The number of ether oxygens (including phenoxy) is 2. The van der Waals surface area contributed by atoms with E-state index in [1.165, 1.54) is 18.2 Å². The van der Waals surface area contributed by atoms with E-state index in [-0.39, 0.29) is 74.4 Å². The van der Waals surface area contributed by atoms with E-state index < -0.39 is 11.9 Å². The van der Waals surface area contributed by atoms with E-state index in [4.69, 9.17) is 15.9 Å². The molecule has 0 bridgehead atoms. The summed E-state index contributed by atoms with van der Waals surface area (Å²) in [6, 6.07) is 19.2. The predicted molar refractivity (Wildman–Crippen MR) is 164 cm³/mol. The van der Waals surface area contributed by atoms with Crippen LogP contribution in [0.5, 0.6) is 5.75 Å². The lowest BCUT2D eigenvalue weighted by Crippen LogP contribution is -2.34. The van der Waals surface area contributed by atoms with Crippen molar-refractivity contribution in [2.24, 2.45) is 0 Å². The third-order valence-corrected chi connectivity index (χ3v) is 6.54. The largest absolute Gasteiger partial charge is 0.481 e. The number of para-hydroxylation sites is 1. The average molecular weight is 594 g/mol. The first-order chi connectivity index (χ1) is 21.3. The molecule has 44 heavy (non-hydrogen) atoms. The van der Waals surface area contributed by atoms with Crippen molar-refractivity contribution in [1.29, 1.82) is 0 Å². The van der Waals surface area contributed by atoms with Gasteiger partial charge in [0.15, 0.2) is 0 Å². The molecule has 10 nitrogen and oxygen atoms in total. The van der Waals surface area contributed by atoms with Gasteiger partial charge >= 0.3 is 5.97 Å². The number of hydrogen-bond donors (Lipinski definition) is 3. The molecule has 1 aliphatic heterocycles. The number of nitrogens with zero attached hydrogens (tertiary/aromatic N) is 1. The van der Waals surface area contributed by atoms with Crippen molar-refractivity contribution < 1.29 is 33.8 Å². The molecule has 3 amide bonds. The second-order valence-corrected chi connectivity index (χ2v) is 9.71. The molecule has 3 N–H and O–H groups in total. The molecule has 0 spiro atoms. The van der Waals surface area contributed by atoms with Crippen molar-refractivity contribution in [1.82, 2.24) is 5.32 Å². The highest BCUT2D eigenvalue weighted by Gasteiger charge is 2.21. The van der Waals surface area contributed by atoms with Crippen LogP contribution in [0.25, 0.3) is 0 Å². The molecule has 1 heterocycles. The minimum atomic E-state index is -1.18. The van der Waals surface area contributed by atoms with Gasteiger partial charge in [-0.05, 0) is 35.9 Å². The number of nitrogens with one attached hydrogen (secondary N) is 2. The highest BCUT2D eigenvalue weighted by atomic mass is 16.5. The third-order valence-electron chi connectivity index (χ3n) is 6.54. The van der Waals surface area contributed by atoms with Crippen LogP contribution in [0.4, 0.5) is 11.4 Å². The smallest absolute Gasteiger partial charge is 0.335 e. The summed E-state index contributed by atoms with van der Waals surface area (Å²) in [5.74, 6) is 6.81. The maximum atomic E-state index is 13.3. The summed E-state index contributed by atoms with van der Waals surface area (Å²) in [6.07, 6.45) is 5.21. The first-order valence-electron chi connectivity index (χ1n) is 13.9. The minimum Gasteiger partial charge on any atom is -0.481 e. The van der Waals surface area contributed by atoms with Crippen molar-refractivity contribution in [3.8, 4) is 29.9 Å². The van der Waals surface area contributed by atoms with E-state index in [0.29, 0.717) is 12.2 Å². The molecular weight excluding hydrogens is 562 g/mol. The Labute approximate surface area is 255 Å². The highest BCUT2D eigenvalue weighted by molar-refractivity contribution is 5.97. The van der Waals surface area contributed by atoms with Gasteiger partial charge in [-0.25, -0.2) is 4.79 Å².